The van der Waals surface area contributed by atoms with Crippen LogP contribution in [-0.4, -0.2) is 36.7 Å². The number of benzene rings is 3. The fourth-order valence-electron chi connectivity index (χ4n) is 4.33. The number of sulfonamides is 1. The van der Waals surface area contributed by atoms with Gasteiger partial charge in [0.25, 0.3) is 0 Å². The summed E-state index contributed by atoms with van der Waals surface area (Å²) in [5, 5.41) is 1.71. The largest absolute Gasteiger partial charge is 0.283 e. The van der Waals surface area contributed by atoms with Gasteiger partial charge in [-0.1, -0.05) is 64.9 Å². The maximum absolute atomic E-state index is 13.8. The first kappa shape index (κ1) is 25.2. The summed E-state index contributed by atoms with van der Waals surface area (Å²) in [6.45, 7) is 0.933. The third kappa shape index (κ3) is 5.28. The van der Waals surface area contributed by atoms with Crippen LogP contribution in [0, 0.1) is 5.92 Å². The number of carbonyl (C=O) groups excluding carboxylic acids is 1. The lowest BCUT2D eigenvalue weighted by molar-refractivity contribution is -0.123. The molecule has 0 spiro atoms. The summed E-state index contributed by atoms with van der Waals surface area (Å²) in [5.41, 5.74) is 1.78. The molecular formula is C26H23Cl2N3O3S2. The fourth-order valence-corrected chi connectivity index (χ4v) is 7.17. The smallest absolute Gasteiger partial charge is 0.243 e. The molecule has 0 radical (unpaired) electrons. The predicted octanol–water partition coefficient (Wildman–Crippen LogP) is 6.24. The fraction of sp³-hybridized carbons (Fsp3) is 0.231. The van der Waals surface area contributed by atoms with Crippen molar-refractivity contribution in [2.75, 3.05) is 18.0 Å². The van der Waals surface area contributed by atoms with Crippen LogP contribution in [0.25, 0.3) is 10.2 Å². The molecule has 0 atom stereocenters. The maximum Gasteiger partial charge on any atom is 0.243 e. The van der Waals surface area contributed by atoms with E-state index in [1.807, 2.05) is 42.5 Å². The molecule has 186 valence electrons. The summed E-state index contributed by atoms with van der Waals surface area (Å²) in [6.07, 6.45) is 0.876. The van der Waals surface area contributed by atoms with Crippen molar-refractivity contribution in [3.05, 3.63) is 88.4 Å². The van der Waals surface area contributed by atoms with E-state index in [9.17, 15) is 13.2 Å². The predicted molar refractivity (Wildman–Crippen MR) is 145 cm³/mol. The minimum absolute atomic E-state index is 0.0486. The van der Waals surface area contributed by atoms with Crippen molar-refractivity contribution in [3.8, 4) is 0 Å². The number of amides is 1. The number of fused-ring (bicyclic) bond motifs is 1. The van der Waals surface area contributed by atoms with E-state index >= 15 is 0 Å². The van der Waals surface area contributed by atoms with E-state index in [-0.39, 0.29) is 29.8 Å². The lowest BCUT2D eigenvalue weighted by atomic mass is 9.96. The molecule has 1 saturated heterocycles. The molecule has 0 bridgehead atoms. The minimum atomic E-state index is -3.64. The molecule has 1 amide bonds. The number of thiazole rings is 1. The summed E-state index contributed by atoms with van der Waals surface area (Å²) in [6, 6.07) is 21.4. The zero-order chi connectivity index (χ0) is 25.3. The van der Waals surface area contributed by atoms with E-state index in [4.69, 9.17) is 28.2 Å². The van der Waals surface area contributed by atoms with Gasteiger partial charge in [0.05, 0.1) is 21.7 Å². The van der Waals surface area contributed by atoms with Gasteiger partial charge in [-0.05, 0) is 60.9 Å². The first-order valence-electron chi connectivity index (χ1n) is 11.5. The van der Waals surface area contributed by atoms with Crippen molar-refractivity contribution in [2.45, 2.75) is 24.3 Å². The van der Waals surface area contributed by atoms with Crippen LogP contribution >= 0.6 is 34.5 Å². The molecule has 1 aromatic heterocycles. The van der Waals surface area contributed by atoms with Crippen LogP contribution in [-0.2, 0) is 21.4 Å². The van der Waals surface area contributed by atoms with E-state index in [1.54, 1.807) is 23.1 Å². The highest BCUT2D eigenvalue weighted by Crippen LogP contribution is 2.34. The molecular weight excluding hydrogens is 537 g/mol. The third-order valence-electron chi connectivity index (χ3n) is 6.27. The van der Waals surface area contributed by atoms with Crippen LogP contribution in [0.5, 0.6) is 0 Å². The highest BCUT2D eigenvalue weighted by Gasteiger charge is 2.35. The quantitative estimate of drug-likeness (QED) is 0.280. The van der Waals surface area contributed by atoms with Crippen molar-refractivity contribution in [2.24, 2.45) is 5.92 Å². The Morgan fingerprint density at radius 2 is 1.64 bits per heavy atom. The molecule has 10 heteroatoms. The summed E-state index contributed by atoms with van der Waals surface area (Å²) < 4.78 is 28.5. The molecule has 5 rings (SSSR count). The van der Waals surface area contributed by atoms with Crippen molar-refractivity contribution in [3.63, 3.8) is 0 Å². The molecule has 0 aliphatic carbocycles. The normalized spacial score (nSPS) is 15.3. The van der Waals surface area contributed by atoms with Gasteiger partial charge in [-0.3, -0.25) is 9.69 Å². The summed E-state index contributed by atoms with van der Waals surface area (Å²) in [7, 11) is -3.64. The van der Waals surface area contributed by atoms with Gasteiger partial charge in [0, 0.05) is 29.1 Å². The Morgan fingerprint density at radius 1 is 0.972 bits per heavy atom. The summed E-state index contributed by atoms with van der Waals surface area (Å²) in [4.78, 5) is 20.4. The number of aromatic nitrogens is 1. The van der Waals surface area contributed by atoms with E-state index in [2.05, 4.69) is 0 Å². The molecule has 6 nitrogen and oxygen atoms in total. The molecule has 0 saturated carbocycles. The van der Waals surface area contributed by atoms with Gasteiger partial charge < -0.3 is 0 Å². The Kier molecular flexibility index (Phi) is 7.32. The number of anilines is 1. The molecule has 0 N–H and O–H groups in total. The number of halogens is 2. The molecule has 1 aliphatic heterocycles. The summed E-state index contributed by atoms with van der Waals surface area (Å²) >= 11 is 13.5. The molecule has 4 aromatic rings. The standard InChI is InChI=1S/C26H23Cl2N3O3S2/c27-20-6-9-22(10-7-20)36(33,34)30-14-12-19(13-15-30)25(32)31(17-18-4-2-1-3-5-18)26-29-23-11-8-21(28)16-24(23)35-26/h1-11,16,19H,12-15,17H2. The van der Waals surface area contributed by atoms with Gasteiger partial charge in [-0.2, -0.15) is 4.31 Å². The van der Waals surface area contributed by atoms with Gasteiger partial charge >= 0.3 is 0 Å². The van der Waals surface area contributed by atoms with E-state index < -0.39 is 10.0 Å². The van der Waals surface area contributed by atoms with Crippen LogP contribution in [0.2, 0.25) is 10.0 Å². The Labute approximate surface area is 224 Å². The highest BCUT2D eigenvalue weighted by atomic mass is 35.5. The first-order chi connectivity index (χ1) is 17.3. The van der Waals surface area contributed by atoms with E-state index in [0.29, 0.717) is 34.6 Å². The average molecular weight is 561 g/mol. The Balaban J connectivity index is 1.37. The lowest BCUT2D eigenvalue weighted by Crippen LogP contribution is -2.44. The van der Waals surface area contributed by atoms with Crippen LogP contribution in [0.4, 0.5) is 5.13 Å². The lowest BCUT2D eigenvalue weighted by Gasteiger charge is -2.33. The van der Waals surface area contributed by atoms with Gasteiger partial charge in [0.1, 0.15) is 0 Å². The average Bonchev–Trinajstić information content (AvgIpc) is 3.31. The molecule has 0 unspecified atom stereocenters. The molecule has 3 aromatic carbocycles. The van der Waals surface area contributed by atoms with Crippen molar-refractivity contribution < 1.29 is 13.2 Å². The van der Waals surface area contributed by atoms with E-state index in [0.717, 1.165) is 15.8 Å². The summed E-state index contributed by atoms with van der Waals surface area (Å²) in [5.74, 6) is -0.353. The number of hydrogen-bond acceptors (Lipinski definition) is 5. The zero-order valence-corrected chi connectivity index (χ0v) is 22.3. The van der Waals surface area contributed by atoms with Crippen LogP contribution in [0.3, 0.4) is 0 Å². The topological polar surface area (TPSA) is 70.6 Å². The number of piperidine rings is 1. The minimum Gasteiger partial charge on any atom is -0.283 e. The molecule has 2 heterocycles. The molecule has 36 heavy (non-hydrogen) atoms. The number of rotatable bonds is 6. The second-order valence-corrected chi connectivity index (χ2v) is 12.5. The molecule has 1 fully saturated rings. The van der Waals surface area contributed by atoms with Crippen LogP contribution in [0.1, 0.15) is 18.4 Å². The number of hydrogen-bond donors (Lipinski definition) is 0. The second-order valence-electron chi connectivity index (χ2n) is 8.65. The van der Waals surface area contributed by atoms with Crippen molar-refractivity contribution in [1.29, 1.82) is 0 Å². The SMILES string of the molecule is O=C(C1CCN(S(=O)(=O)c2ccc(Cl)cc2)CC1)N(Cc1ccccc1)c1nc2ccc(Cl)cc2s1. The molecule has 1 aliphatic rings. The van der Waals surface area contributed by atoms with Crippen molar-refractivity contribution in [1.82, 2.24) is 9.29 Å². The zero-order valence-electron chi connectivity index (χ0n) is 19.2. The number of nitrogens with zero attached hydrogens (tertiary/aromatic N) is 3. The Hall–Kier alpha value is -2.49. The third-order valence-corrected chi connectivity index (χ3v) is 9.72. The van der Waals surface area contributed by atoms with E-state index in [1.165, 1.54) is 27.8 Å². The Bertz CT molecular complexity index is 1480. The van der Waals surface area contributed by atoms with Gasteiger partial charge in [-0.25, -0.2) is 13.4 Å². The second kappa shape index (κ2) is 10.5. The van der Waals surface area contributed by atoms with Gasteiger partial charge in [-0.15, -0.1) is 0 Å². The van der Waals surface area contributed by atoms with Crippen LogP contribution < -0.4 is 4.90 Å². The highest BCUT2D eigenvalue weighted by molar-refractivity contribution is 7.89. The van der Waals surface area contributed by atoms with Crippen LogP contribution in [0.15, 0.2) is 77.7 Å². The monoisotopic (exact) mass is 559 g/mol. The maximum atomic E-state index is 13.8. The van der Waals surface area contributed by atoms with Gasteiger partial charge in [0.15, 0.2) is 5.13 Å². The first-order valence-corrected chi connectivity index (χ1v) is 14.5. The Morgan fingerprint density at radius 3 is 2.33 bits per heavy atom. The van der Waals surface area contributed by atoms with Gasteiger partial charge in [0.2, 0.25) is 15.9 Å². The van der Waals surface area contributed by atoms with Crippen molar-refractivity contribution >= 4 is 65.8 Å². The number of carbonyl (C=O) groups is 1.